The molecule has 2 aliphatic heterocycles. The molecule has 2 unspecified atom stereocenters. The van der Waals surface area contributed by atoms with E-state index in [1.54, 1.807) is 30.3 Å². The average Bonchev–Trinajstić information content (AvgIpc) is 3.36. The topological polar surface area (TPSA) is 74.8 Å². The van der Waals surface area contributed by atoms with E-state index in [2.05, 4.69) is 0 Å². The highest BCUT2D eigenvalue weighted by Crippen LogP contribution is 2.47. The molecule has 0 radical (unpaired) electrons. The van der Waals surface area contributed by atoms with Gasteiger partial charge in [-0.15, -0.1) is 0 Å². The number of fused-ring (bicyclic) bond motifs is 1. The van der Waals surface area contributed by atoms with E-state index in [4.69, 9.17) is 14.2 Å². The molecule has 5 nitrogen and oxygen atoms in total. The number of hydrogen-bond acceptors (Lipinski definition) is 5. The maximum Gasteiger partial charge on any atom is 0.144 e. The largest absolute Gasteiger partial charge is 0.508 e. The summed E-state index contributed by atoms with van der Waals surface area (Å²) >= 11 is 0. The fourth-order valence-electron chi connectivity index (χ4n) is 2.69. The third kappa shape index (κ3) is 2.33. The molecule has 2 saturated heterocycles. The van der Waals surface area contributed by atoms with Gasteiger partial charge in [0.2, 0.25) is 0 Å². The van der Waals surface area contributed by atoms with Crippen molar-refractivity contribution in [1.29, 1.82) is 0 Å². The van der Waals surface area contributed by atoms with Crippen molar-refractivity contribution < 1.29 is 24.4 Å². The Bertz CT molecular complexity index is 688. The maximum atomic E-state index is 10.3. The van der Waals surface area contributed by atoms with Crippen LogP contribution in [-0.4, -0.2) is 42.7 Å². The summed E-state index contributed by atoms with van der Waals surface area (Å²) in [4.78, 5) is 0. The van der Waals surface area contributed by atoms with Crippen LogP contribution in [0.3, 0.4) is 0 Å². The van der Waals surface area contributed by atoms with Crippen LogP contribution < -0.4 is 0 Å². The Balaban J connectivity index is 1.69. The molecule has 0 spiro atoms. The fraction of sp³-hybridized carbons (Fsp3) is 0.375. The second-order valence-corrected chi connectivity index (χ2v) is 5.62. The zero-order valence-corrected chi connectivity index (χ0v) is 11.4. The number of ether oxygens (including phenoxy) is 3. The summed E-state index contributed by atoms with van der Waals surface area (Å²) in [5.74, 6) is 0.393. The summed E-state index contributed by atoms with van der Waals surface area (Å²) in [6.45, 7) is 2.22. The van der Waals surface area contributed by atoms with E-state index >= 15 is 0 Å². The highest BCUT2D eigenvalue weighted by atomic mass is 16.6. The van der Waals surface area contributed by atoms with Gasteiger partial charge in [0.05, 0.1) is 26.4 Å². The zero-order chi connectivity index (χ0) is 14.4. The minimum atomic E-state index is -0.588. The highest BCUT2D eigenvalue weighted by Gasteiger charge is 2.50. The molecule has 2 aromatic carbocycles. The van der Waals surface area contributed by atoms with E-state index in [1.807, 2.05) is 0 Å². The van der Waals surface area contributed by atoms with Gasteiger partial charge in [-0.2, -0.15) is 0 Å². The van der Waals surface area contributed by atoms with Gasteiger partial charge in [-0.05, 0) is 29.0 Å². The number of phenols is 2. The minimum absolute atomic E-state index is 0.192. The Hall–Kier alpha value is -1.82. The molecule has 2 aliphatic rings. The van der Waals surface area contributed by atoms with Crippen molar-refractivity contribution in [1.82, 2.24) is 0 Å². The molecule has 2 fully saturated rings. The Morgan fingerprint density at radius 1 is 1.24 bits per heavy atom. The van der Waals surface area contributed by atoms with E-state index in [1.165, 1.54) is 0 Å². The van der Waals surface area contributed by atoms with Gasteiger partial charge >= 0.3 is 0 Å². The summed E-state index contributed by atoms with van der Waals surface area (Å²) < 4.78 is 16.4. The summed E-state index contributed by atoms with van der Waals surface area (Å²) in [6.07, 6.45) is 0.207. The van der Waals surface area contributed by atoms with Gasteiger partial charge in [0, 0.05) is 5.56 Å². The monoisotopic (exact) mass is 288 g/mol. The molecule has 110 valence electrons. The summed E-state index contributed by atoms with van der Waals surface area (Å²) in [6, 6.07) is 8.49. The SMILES string of the molecule is Oc1ccc2c(C3(COCC4CO4)CO3)c(O)ccc2c1. The molecule has 0 aromatic heterocycles. The standard InChI is InChI=1S/C16H16O5/c17-11-2-3-13-10(5-11)1-4-14(18)15(13)16(9-21-16)8-19-6-12-7-20-12/h1-5,12,17-18H,6-9H2. The number of phenolic OH excluding ortho intramolecular Hbond substituents is 2. The van der Waals surface area contributed by atoms with E-state index in [9.17, 15) is 10.2 Å². The van der Waals surface area contributed by atoms with Gasteiger partial charge in [-0.25, -0.2) is 0 Å². The van der Waals surface area contributed by atoms with Crippen molar-refractivity contribution in [3.8, 4) is 11.5 Å². The van der Waals surface area contributed by atoms with Crippen molar-refractivity contribution in [3.05, 3.63) is 35.9 Å². The van der Waals surface area contributed by atoms with Crippen LogP contribution in [0.1, 0.15) is 5.56 Å². The van der Waals surface area contributed by atoms with Crippen molar-refractivity contribution in [2.24, 2.45) is 0 Å². The van der Waals surface area contributed by atoms with E-state index in [0.29, 0.717) is 19.8 Å². The number of hydrogen-bond donors (Lipinski definition) is 2. The molecule has 5 heteroatoms. The van der Waals surface area contributed by atoms with Gasteiger partial charge < -0.3 is 24.4 Å². The van der Waals surface area contributed by atoms with Gasteiger partial charge in [0.25, 0.3) is 0 Å². The first-order valence-corrected chi connectivity index (χ1v) is 6.96. The van der Waals surface area contributed by atoms with Crippen LogP contribution >= 0.6 is 0 Å². The van der Waals surface area contributed by atoms with Crippen LogP contribution in [0.4, 0.5) is 0 Å². The van der Waals surface area contributed by atoms with Crippen LogP contribution in [0.15, 0.2) is 30.3 Å². The van der Waals surface area contributed by atoms with Crippen LogP contribution in [0, 0.1) is 0 Å². The quantitative estimate of drug-likeness (QED) is 0.822. The lowest BCUT2D eigenvalue weighted by Gasteiger charge is -2.17. The Morgan fingerprint density at radius 2 is 2.05 bits per heavy atom. The molecule has 21 heavy (non-hydrogen) atoms. The lowest BCUT2D eigenvalue weighted by Crippen LogP contribution is -2.19. The Kier molecular flexibility index (Phi) is 2.82. The van der Waals surface area contributed by atoms with Gasteiger partial charge in [-0.1, -0.05) is 12.1 Å². The van der Waals surface area contributed by atoms with Crippen LogP contribution in [0.2, 0.25) is 0 Å². The zero-order valence-electron chi connectivity index (χ0n) is 11.4. The summed E-state index contributed by atoms with van der Waals surface area (Å²) in [5, 5.41) is 21.6. The lowest BCUT2D eigenvalue weighted by atomic mass is 9.93. The molecule has 0 saturated carbocycles. The second kappa shape index (κ2) is 4.59. The van der Waals surface area contributed by atoms with Gasteiger partial charge in [0.15, 0.2) is 0 Å². The molecule has 0 aliphatic carbocycles. The third-order valence-corrected chi connectivity index (χ3v) is 3.97. The van der Waals surface area contributed by atoms with E-state index in [0.717, 1.165) is 22.9 Å². The van der Waals surface area contributed by atoms with Crippen molar-refractivity contribution >= 4 is 10.8 Å². The number of epoxide rings is 2. The van der Waals surface area contributed by atoms with Crippen molar-refractivity contribution in [3.63, 3.8) is 0 Å². The summed E-state index contributed by atoms with van der Waals surface area (Å²) in [5.41, 5.74) is 0.145. The Labute approximate surface area is 121 Å². The molecule has 2 heterocycles. The first-order valence-electron chi connectivity index (χ1n) is 6.96. The molecule has 0 bridgehead atoms. The predicted octanol–water partition coefficient (Wildman–Crippen LogP) is 1.89. The van der Waals surface area contributed by atoms with Crippen LogP contribution in [-0.2, 0) is 19.8 Å². The lowest BCUT2D eigenvalue weighted by molar-refractivity contribution is 0.0668. The van der Waals surface area contributed by atoms with Crippen LogP contribution in [0.5, 0.6) is 11.5 Å². The van der Waals surface area contributed by atoms with Crippen molar-refractivity contribution in [2.75, 3.05) is 26.4 Å². The molecule has 4 rings (SSSR count). The molecule has 2 N–H and O–H groups in total. The van der Waals surface area contributed by atoms with Gasteiger partial charge in [0.1, 0.15) is 23.2 Å². The number of benzene rings is 2. The fourth-order valence-corrected chi connectivity index (χ4v) is 2.69. The second-order valence-electron chi connectivity index (χ2n) is 5.62. The number of rotatable bonds is 5. The first-order chi connectivity index (χ1) is 10.2. The smallest absolute Gasteiger partial charge is 0.144 e. The molecule has 0 amide bonds. The maximum absolute atomic E-state index is 10.3. The van der Waals surface area contributed by atoms with E-state index in [-0.39, 0.29) is 17.6 Å². The molecule has 2 aromatic rings. The third-order valence-electron chi connectivity index (χ3n) is 3.97. The van der Waals surface area contributed by atoms with Crippen molar-refractivity contribution in [2.45, 2.75) is 11.7 Å². The summed E-state index contributed by atoms with van der Waals surface area (Å²) in [7, 11) is 0. The molecular formula is C16H16O5. The highest BCUT2D eigenvalue weighted by molar-refractivity contribution is 5.90. The first kappa shape index (κ1) is 12.9. The van der Waals surface area contributed by atoms with Gasteiger partial charge in [-0.3, -0.25) is 0 Å². The van der Waals surface area contributed by atoms with E-state index < -0.39 is 5.60 Å². The predicted molar refractivity (Wildman–Crippen MR) is 75.5 cm³/mol. The molecule has 2 atom stereocenters. The number of aromatic hydroxyl groups is 2. The Morgan fingerprint density at radius 3 is 2.76 bits per heavy atom. The normalized spacial score (nSPS) is 27.0. The average molecular weight is 288 g/mol. The van der Waals surface area contributed by atoms with Crippen LogP contribution in [0.25, 0.3) is 10.8 Å². The molecular weight excluding hydrogens is 272 g/mol. The minimum Gasteiger partial charge on any atom is -0.508 e.